The molecule has 9 nitrogen and oxygen atoms in total. The van der Waals surface area contributed by atoms with Gasteiger partial charge in [-0.2, -0.15) is 0 Å². The molecule has 0 aliphatic carbocycles. The summed E-state index contributed by atoms with van der Waals surface area (Å²) in [6, 6.07) is 36.2. The summed E-state index contributed by atoms with van der Waals surface area (Å²) in [5, 5.41) is 0. The van der Waals surface area contributed by atoms with E-state index in [9.17, 15) is 0 Å². The predicted molar refractivity (Wildman–Crippen MR) is 180 cm³/mol. The summed E-state index contributed by atoms with van der Waals surface area (Å²) in [5.41, 5.74) is 7.74. The van der Waals surface area contributed by atoms with Gasteiger partial charge in [0.05, 0.1) is 58.8 Å². The van der Waals surface area contributed by atoms with Crippen molar-refractivity contribution in [1.82, 2.24) is 39.7 Å². The molecule has 0 aliphatic heterocycles. The SMILES string of the molecule is c1ccc(CN(Cc2ccccn2)Cc2cccc(COCc3cccc(CN(Cc4ccccn4)Cc4ccccn4)n3)n2)nc1. The lowest BCUT2D eigenvalue weighted by Crippen LogP contribution is -2.24. The minimum atomic E-state index is 0.395. The number of hydrogen-bond donors (Lipinski definition) is 0. The minimum Gasteiger partial charge on any atom is -0.369 e. The molecule has 0 spiro atoms. The van der Waals surface area contributed by atoms with Crippen LogP contribution in [0.2, 0.25) is 0 Å². The molecule has 0 bridgehead atoms. The van der Waals surface area contributed by atoms with E-state index in [0.29, 0.717) is 52.5 Å². The van der Waals surface area contributed by atoms with Gasteiger partial charge in [-0.15, -0.1) is 0 Å². The zero-order valence-electron chi connectivity index (χ0n) is 26.3. The van der Waals surface area contributed by atoms with Gasteiger partial charge in [0.1, 0.15) is 0 Å². The average Bonchev–Trinajstić information content (AvgIpc) is 3.10. The molecule has 0 saturated carbocycles. The van der Waals surface area contributed by atoms with Gasteiger partial charge < -0.3 is 4.74 Å². The molecule has 0 amide bonds. The monoisotopic (exact) mass is 622 g/mol. The second kappa shape index (κ2) is 16.9. The van der Waals surface area contributed by atoms with Crippen LogP contribution in [0.25, 0.3) is 0 Å². The van der Waals surface area contributed by atoms with Gasteiger partial charge in [0.15, 0.2) is 0 Å². The van der Waals surface area contributed by atoms with Crippen LogP contribution in [0.1, 0.15) is 45.6 Å². The van der Waals surface area contributed by atoms with Gasteiger partial charge in [0.25, 0.3) is 0 Å². The van der Waals surface area contributed by atoms with Gasteiger partial charge in [0, 0.05) is 64.1 Å². The Hall–Kier alpha value is -5.22. The van der Waals surface area contributed by atoms with E-state index in [1.54, 1.807) is 0 Å². The summed E-state index contributed by atoms with van der Waals surface area (Å²) in [5.74, 6) is 0. The molecule has 6 rings (SSSR count). The standard InChI is InChI=1S/C38H38N8O/c1-5-19-39-31(11-1)23-45(24-32-12-2-6-20-40-32)27-35-15-9-17-37(43-35)29-47-30-38-18-10-16-36(44-38)28-46(25-33-13-3-7-21-41-33)26-34-14-4-8-22-42-34/h1-22H,23-30H2. The molecule has 0 aliphatic rings. The van der Waals surface area contributed by atoms with Gasteiger partial charge in [0.2, 0.25) is 0 Å². The molecule has 0 aromatic carbocycles. The maximum Gasteiger partial charge on any atom is 0.0893 e. The fourth-order valence-corrected chi connectivity index (χ4v) is 5.33. The third kappa shape index (κ3) is 10.4. The number of rotatable bonds is 16. The van der Waals surface area contributed by atoms with Crippen LogP contribution >= 0.6 is 0 Å². The first-order valence-electron chi connectivity index (χ1n) is 15.8. The number of hydrogen-bond acceptors (Lipinski definition) is 9. The number of pyridine rings is 6. The summed E-state index contributed by atoms with van der Waals surface area (Å²) < 4.78 is 6.12. The molecule has 6 aromatic rings. The van der Waals surface area contributed by atoms with E-state index in [0.717, 1.165) is 45.6 Å². The van der Waals surface area contributed by atoms with E-state index < -0.39 is 0 Å². The van der Waals surface area contributed by atoms with Crippen molar-refractivity contribution >= 4 is 0 Å². The molecule has 0 atom stereocenters. The van der Waals surface area contributed by atoms with Gasteiger partial charge in [-0.1, -0.05) is 36.4 Å². The van der Waals surface area contributed by atoms with E-state index in [2.05, 4.69) is 41.9 Å². The number of aromatic nitrogens is 6. The van der Waals surface area contributed by atoms with E-state index in [-0.39, 0.29) is 0 Å². The molecule has 6 heterocycles. The summed E-state index contributed by atoms with van der Waals surface area (Å²) in [7, 11) is 0. The zero-order chi connectivity index (χ0) is 31.9. The van der Waals surface area contributed by atoms with E-state index in [1.165, 1.54) is 0 Å². The van der Waals surface area contributed by atoms with E-state index in [1.807, 2.05) is 122 Å². The predicted octanol–water partition coefficient (Wildman–Crippen LogP) is 6.18. The Morgan fingerprint density at radius 3 is 0.957 bits per heavy atom. The number of ether oxygens (including phenoxy) is 1. The summed E-state index contributed by atoms with van der Waals surface area (Å²) in [4.78, 5) is 32.6. The largest absolute Gasteiger partial charge is 0.369 e. The van der Waals surface area contributed by atoms with Crippen molar-refractivity contribution in [3.63, 3.8) is 0 Å². The highest BCUT2D eigenvalue weighted by atomic mass is 16.5. The molecule has 0 N–H and O–H groups in total. The molecular formula is C38H38N8O. The highest BCUT2D eigenvalue weighted by molar-refractivity contribution is 5.14. The summed E-state index contributed by atoms with van der Waals surface area (Å²) >= 11 is 0. The highest BCUT2D eigenvalue weighted by Gasteiger charge is 2.13. The van der Waals surface area contributed by atoms with Gasteiger partial charge in [-0.3, -0.25) is 39.7 Å². The van der Waals surface area contributed by atoms with Crippen molar-refractivity contribution in [3.8, 4) is 0 Å². The second-order valence-corrected chi connectivity index (χ2v) is 11.3. The van der Waals surface area contributed by atoms with Crippen molar-refractivity contribution in [2.45, 2.75) is 52.5 Å². The number of nitrogens with zero attached hydrogens (tertiary/aromatic N) is 8. The van der Waals surface area contributed by atoms with Crippen molar-refractivity contribution in [1.29, 1.82) is 0 Å². The Balaban J connectivity index is 1.06. The van der Waals surface area contributed by atoms with E-state index in [4.69, 9.17) is 14.7 Å². The fourth-order valence-electron chi connectivity index (χ4n) is 5.33. The van der Waals surface area contributed by atoms with Crippen LogP contribution in [-0.4, -0.2) is 39.7 Å². The smallest absolute Gasteiger partial charge is 0.0893 e. The first-order valence-corrected chi connectivity index (χ1v) is 15.8. The lowest BCUT2D eigenvalue weighted by atomic mass is 10.2. The van der Waals surface area contributed by atoms with Gasteiger partial charge in [-0.05, 0) is 72.8 Å². The molecular weight excluding hydrogens is 584 g/mol. The van der Waals surface area contributed by atoms with Gasteiger partial charge in [-0.25, -0.2) is 0 Å². The minimum absolute atomic E-state index is 0.395. The Kier molecular flexibility index (Phi) is 11.4. The van der Waals surface area contributed by atoms with Crippen LogP contribution in [0.5, 0.6) is 0 Å². The third-order valence-corrected chi connectivity index (χ3v) is 7.45. The van der Waals surface area contributed by atoms with Crippen molar-refractivity contribution < 1.29 is 4.74 Å². The molecule has 0 saturated heterocycles. The van der Waals surface area contributed by atoms with Crippen LogP contribution in [0.15, 0.2) is 134 Å². The first-order chi connectivity index (χ1) is 23.2. The maximum atomic E-state index is 6.12. The lowest BCUT2D eigenvalue weighted by Gasteiger charge is -2.21. The summed E-state index contributed by atoms with van der Waals surface area (Å²) in [6.07, 6.45) is 7.32. The van der Waals surface area contributed by atoms with Crippen molar-refractivity contribution in [3.05, 3.63) is 180 Å². The third-order valence-electron chi connectivity index (χ3n) is 7.45. The molecule has 6 aromatic heterocycles. The van der Waals surface area contributed by atoms with Crippen LogP contribution < -0.4 is 0 Å². The van der Waals surface area contributed by atoms with Gasteiger partial charge >= 0.3 is 0 Å². The molecule has 236 valence electrons. The first kappa shape index (κ1) is 31.7. The van der Waals surface area contributed by atoms with Crippen LogP contribution in [0, 0.1) is 0 Å². The van der Waals surface area contributed by atoms with Crippen LogP contribution in [0.3, 0.4) is 0 Å². The Labute approximate surface area is 276 Å². The Morgan fingerprint density at radius 2 is 0.638 bits per heavy atom. The Bertz CT molecular complexity index is 1560. The highest BCUT2D eigenvalue weighted by Crippen LogP contribution is 2.14. The van der Waals surface area contributed by atoms with Crippen LogP contribution in [-0.2, 0) is 57.2 Å². The van der Waals surface area contributed by atoms with E-state index >= 15 is 0 Å². The molecule has 0 unspecified atom stereocenters. The average molecular weight is 623 g/mol. The zero-order valence-corrected chi connectivity index (χ0v) is 26.3. The van der Waals surface area contributed by atoms with Crippen molar-refractivity contribution in [2.75, 3.05) is 0 Å². The normalized spacial score (nSPS) is 11.3. The maximum absolute atomic E-state index is 6.12. The fraction of sp³-hybridized carbons (Fsp3) is 0.211. The lowest BCUT2D eigenvalue weighted by molar-refractivity contribution is 0.101. The Morgan fingerprint density at radius 1 is 0.340 bits per heavy atom. The molecule has 0 radical (unpaired) electrons. The molecule has 0 fully saturated rings. The molecule has 9 heteroatoms. The quantitative estimate of drug-likeness (QED) is 0.125. The second-order valence-electron chi connectivity index (χ2n) is 11.3. The molecule has 47 heavy (non-hydrogen) atoms. The topological polar surface area (TPSA) is 93.1 Å². The summed E-state index contributed by atoms with van der Waals surface area (Å²) in [6.45, 7) is 4.91. The van der Waals surface area contributed by atoms with Crippen molar-refractivity contribution in [2.24, 2.45) is 0 Å². The van der Waals surface area contributed by atoms with Crippen LogP contribution in [0.4, 0.5) is 0 Å².